The van der Waals surface area contributed by atoms with Gasteiger partial charge in [-0.05, 0) is 44.2 Å². The number of hydrogen-bond donors (Lipinski definition) is 0. The number of anilines is 1. The number of aryl methyl sites for hydroxylation is 1. The van der Waals surface area contributed by atoms with Crippen LogP contribution in [0.2, 0.25) is 5.02 Å². The SMILES string of the molecule is C=CCN(c1ccccc1Cl)S(=O)(=O)c1cccc(C(=O)OC(C)c2nc(C)no2)c1. The largest absolute Gasteiger partial charge is 0.449 e. The zero-order valence-corrected chi connectivity index (χ0v) is 18.4. The molecule has 0 aliphatic rings. The van der Waals surface area contributed by atoms with Gasteiger partial charge >= 0.3 is 5.97 Å². The van der Waals surface area contributed by atoms with Gasteiger partial charge in [0, 0.05) is 0 Å². The van der Waals surface area contributed by atoms with Crippen LogP contribution in [0.4, 0.5) is 5.69 Å². The van der Waals surface area contributed by atoms with Gasteiger partial charge in [0.2, 0.25) is 0 Å². The molecule has 10 heteroatoms. The van der Waals surface area contributed by atoms with Gasteiger partial charge in [0.25, 0.3) is 15.9 Å². The molecule has 162 valence electrons. The molecule has 1 unspecified atom stereocenters. The van der Waals surface area contributed by atoms with E-state index in [1.54, 1.807) is 38.1 Å². The van der Waals surface area contributed by atoms with Gasteiger partial charge < -0.3 is 9.26 Å². The number of rotatable bonds is 8. The summed E-state index contributed by atoms with van der Waals surface area (Å²) in [6.45, 7) is 6.84. The summed E-state index contributed by atoms with van der Waals surface area (Å²) in [5.74, 6) is -0.174. The van der Waals surface area contributed by atoms with Gasteiger partial charge in [-0.25, -0.2) is 13.2 Å². The van der Waals surface area contributed by atoms with Crippen LogP contribution >= 0.6 is 11.6 Å². The molecule has 1 atom stereocenters. The number of esters is 1. The van der Waals surface area contributed by atoms with Crippen molar-refractivity contribution in [2.24, 2.45) is 0 Å². The highest BCUT2D eigenvalue weighted by Gasteiger charge is 2.27. The van der Waals surface area contributed by atoms with Crippen LogP contribution in [0.5, 0.6) is 0 Å². The standard InChI is InChI=1S/C21H20ClN3O5S/c1-4-12-25(19-11-6-5-10-18(19)22)31(27,28)17-9-7-8-16(13-17)21(26)29-14(2)20-23-15(3)24-30-20/h4-11,13-14H,1,12H2,2-3H3. The van der Waals surface area contributed by atoms with Gasteiger partial charge in [0.1, 0.15) is 0 Å². The lowest BCUT2D eigenvalue weighted by atomic mass is 10.2. The second-order valence-corrected chi connectivity index (χ2v) is 8.80. The van der Waals surface area contributed by atoms with E-state index in [0.717, 1.165) is 4.31 Å². The van der Waals surface area contributed by atoms with Crippen molar-refractivity contribution >= 4 is 33.3 Å². The molecule has 0 aliphatic carbocycles. The summed E-state index contributed by atoms with van der Waals surface area (Å²) in [6, 6.07) is 12.1. The predicted octanol–water partition coefficient (Wildman–Crippen LogP) is 4.33. The molecule has 0 radical (unpaired) electrons. The Hall–Kier alpha value is -3.17. The second-order valence-electron chi connectivity index (χ2n) is 6.53. The molecule has 3 aromatic rings. The average molecular weight is 462 g/mol. The predicted molar refractivity (Wildman–Crippen MR) is 115 cm³/mol. The molecule has 31 heavy (non-hydrogen) atoms. The molecule has 0 fully saturated rings. The van der Waals surface area contributed by atoms with Gasteiger partial charge in [0.15, 0.2) is 11.9 Å². The highest BCUT2D eigenvalue weighted by atomic mass is 35.5. The molecule has 1 aromatic heterocycles. The van der Waals surface area contributed by atoms with Crippen LogP contribution in [0.3, 0.4) is 0 Å². The van der Waals surface area contributed by atoms with Crippen molar-refractivity contribution in [3.05, 3.63) is 83.5 Å². The van der Waals surface area contributed by atoms with Crippen LogP contribution in [0, 0.1) is 6.92 Å². The topological polar surface area (TPSA) is 103 Å². The number of benzene rings is 2. The molecule has 0 N–H and O–H groups in total. The van der Waals surface area contributed by atoms with Crippen molar-refractivity contribution in [3.8, 4) is 0 Å². The molecule has 3 rings (SSSR count). The van der Waals surface area contributed by atoms with Gasteiger partial charge in [-0.15, -0.1) is 6.58 Å². The number of carbonyl (C=O) groups excluding carboxylic acids is 1. The number of aromatic nitrogens is 2. The lowest BCUT2D eigenvalue weighted by molar-refractivity contribution is 0.0265. The van der Waals surface area contributed by atoms with Crippen LogP contribution in [0.1, 0.15) is 35.1 Å². The smallest absolute Gasteiger partial charge is 0.338 e. The van der Waals surface area contributed by atoms with E-state index in [9.17, 15) is 13.2 Å². The Morgan fingerprint density at radius 2 is 2.03 bits per heavy atom. The number of ether oxygens (including phenoxy) is 1. The van der Waals surface area contributed by atoms with E-state index in [2.05, 4.69) is 16.7 Å². The fourth-order valence-corrected chi connectivity index (χ4v) is 4.55. The van der Waals surface area contributed by atoms with E-state index < -0.39 is 22.1 Å². The molecule has 2 aromatic carbocycles. The normalized spacial score (nSPS) is 12.2. The molecule has 8 nitrogen and oxygen atoms in total. The van der Waals surface area contributed by atoms with Crippen LogP contribution in [-0.2, 0) is 14.8 Å². The first-order valence-corrected chi connectivity index (χ1v) is 11.0. The van der Waals surface area contributed by atoms with Crippen molar-refractivity contribution in [1.82, 2.24) is 10.1 Å². The summed E-state index contributed by atoms with van der Waals surface area (Å²) in [7, 11) is -4.04. The van der Waals surface area contributed by atoms with Gasteiger partial charge in [-0.1, -0.05) is 41.0 Å². The van der Waals surface area contributed by atoms with Crippen molar-refractivity contribution in [2.45, 2.75) is 24.8 Å². The molecular formula is C21H20ClN3O5S. The monoisotopic (exact) mass is 461 g/mol. The number of nitrogens with zero attached hydrogens (tertiary/aromatic N) is 3. The Morgan fingerprint density at radius 1 is 1.29 bits per heavy atom. The summed E-state index contributed by atoms with van der Waals surface area (Å²) in [5.41, 5.74) is 0.360. The minimum absolute atomic E-state index is 0.00567. The van der Waals surface area contributed by atoms with Gasteiger partial charge in [-0.3, -0.25) is 4.31 Å². The molecule has 0 spiro atoms. The van der Waals surface area contributed by atoms with E-state index >= 15 is 0 Å². The highest BCUT2D eigenvalue weighted by Crippen LogP contribution is 2.30. The average Bonchev–Trinajstić information content (AvgIpc) is 3.19. The first kappa shape index (κ1) is 22.5. The third kappa shape index (κ3) is 4.95. The molecule has 0 amide bonds. The molecule has 0 aliphatic heterocycles. The van der Waals surface area contributed by atoms with Crippen LogP contribution < -0.4 is 4.31 Å². The summed E-state index contributed by atoms with van der Waals surface area (Å²) < 4.78 is 38.1. The summed E-state index contributed by atoms with van der Waals surface area (Å²) >= 11 is 6.21. The zero-order valence-electron chi connectivity index (χ0n) is 16.9. The van der Waals surface area contributed by atoms with Crippen LogP contribution in [-0.4, -0.2) is 31.1 Å². The number of halogens is 1. The third-order valence-electron chi connectivity index (χ3n) is 4.25. The highest BCUT2D eigenvalue weighted by molar-refractivity contribution is 7.92. The van der Waals surface area contributed by atoms with Crippen LogP contribution in [0.15, 0.2) is 70.6 Å². The van der Waals surface area contributed by atoms with Crippen molar-refractivity contribution < 1.29 is 22.5 Å². The van der Waals surface area contributed by atoms with Crippen molar-refractivity contribution in [2.75, 3.05) is 10.8 Å². The molecule has 0 bridgehead atoms. The zero-order chi connectivity index (χ0) is 22.6. The van der Waals surface area contributed by atoms with Crippen molar-refractivity contribution in [1.29, 1.82) is 0 Å². The van der Waals surface area contributed by atoms with Gasteiger partial charge in [0.05, 0.1) is 27.7 Å². The second kappa shape index (κ2) is 9.32. The Bertz CT molecular complexity index is 1210. The number of hydrogen-bond acceptors (Lipinski definition) is 7. The number of para-hydroxylation sites is 1. The summed E-state index contributed by atoms with van der Waals surface area (Å²) in [6.07, 6.45) is 0.655. The lowest BCUT2D eigenvalue weighted by Crippen LogP contribution is -2.31. The van der Waals surface area contributed by atoms with Crippen LogP contribution in [0.25, 0.3) is 0 Å². The molecule has 0 saturated heterocycles. The maximum absolute atomic E-state index is 13.3. The van der Waals surface area contributed by atoms with E-state index in [1.165, 1.54) is 30.3 Å². The van der Waals surface area contributed by atoms with E-state index in [0.29, 0.717) is 11.5 Å². The molecular weight excluding hydrogens is 442 g/mol. The minimum atomic E-state index is -4.04. The van der Waals surface area contributed by atoms with E-state index in [1.807, 2.05) is 0 Å². The minimum Gasteiger partial charge on any atom is -0.449 e. The number of carbonyl (C=O) groups is 1. The fraction of sp³-hybridized carbons (Fsp3) is 0.190. The van der Waals surface area contributed by atoms with Gasteiger partial charge in [-0.2, -0.15) is 4.98 Å². The molecule has 0 saturated carbocycles. The Morgan fingerprint density at radius 3 is 2.68 bits per heavy atom. The number of sulfonamides is 1. The van der Waals surface area contributed by atoms with E-state index in [-0.39, 0.29) is 27.9 Å². The molecule has 1 heterocycles. The quantitative estimate of drug-likeness (QED) is 0.363. The summed E-state index contributed by atoms with van der Waals surface area (Å²) in [5, 5.41) is 3.93. The van der Waals surface area contributed by atoms with E-state index in [4.69, 9.17) is 20.9 Å². The first-order valence-electron chi connectivity index (χ1n) is 9.23. The lowest BCUT2D eigenvalue weighted by Gasteiger charge is -2.24. The Labute approximate surface area is 185 Å². The Balaban J connectivity index is 1.90. The fourth-order valence-electron chi connectivity index (χ4n) is 2.77. The maximum atomic E-state index is 13.3. The Kier molecular flexibility index (Phi) is 6.77. The van der Waals surface area contributed by atoms with Crippen molar-refractivity contribution in [3.63, 3.8) is 0 Å². The third-order valence-corrected chi connectivity index (χ3v) is 6.34. The first-order chi connectivity index (χ1) is 14.7. The summed E-state index contributed by atoms with van der Waals surface area (Å²) in [4.78, 5) is 16.5. The maximum Gasteiger partial charge on any atom is 0.338 e.